The van der Waals surface area contributed by atoms with Crippen molar-refractivity contribution in [2.24, 2.45) is 0 Å². The van der Waals surface area contributed by atoms with E-state index in [1.54, 1.807) is 6.20 Å². The van der Waals surface area contributed by atoms with Gasteiger partial charge < -0.3 is 10.2 Å². The summed E-state index contributed by atoms with van der Waals surface area (Å²) in [5, 5.41) is 3.39. The highest BCUT2D eigenvalue weighted by atomic mass is 16.2. The van der Waals surface area contributed by atoms with Gasteiger partial charge in [0, 0.05) is 64.1 Å². The van der Waals surface area contributed by atoms with Crippen LogP contribution < -0.4 is 5.32 Å². The largest absolute Gasteiger partial charge is 0.341 e. The summed E-state index contributed by atoms with van der Waals surface area (Å²) >= 11 is 0. The van der Waals surface area contributed by atoms with E-state index in [2.05, 4.69) is 33.1 Å². The van der Waals surface area contributed by atoms with Crippen LogP contribution in [-0.2, 0) is 4.79 Å². The summed E-state index contributed by atoms with van der Waals surface area (Å²) in [6.07, 6.45) is 5.34. The summed E-state index contributed by atoms with van der Waals surface area (Å²) in [6.45, 7) is 8.28. The predicted octanol–water partition coefficient (Wildman–Crippen LogP) is 1.08. The number of hydrogen-bond donors (Lipinski definition) is 1. The van der Waals surface area contributed by atoms with Crippen LogP contribution in [0.25, 0.3) is 0 Å². The number of piperazine rings is 1. The number of nitrogens with zero attached hydrogens (tertiary/aromatic N) is 3. The van der Waals surface area contributed by atoms with Gasteiger partial charge in [0.15, 0.2) is 0 Å². The van der Waals surface area contributed by atoms with Gasteiger partial charge in [-0.15, -0.1) is 0 Å². The fourth-order valence-corrected chi connectivity index (χ4v) is 3.49. The van der Waals surface area contributed by atoms with Crippen molar-refractivity contribution >= 4 is 5.91 Å². The average Bonchev–Trinajstić information content (AvgIpc) is 3.06. The van der Waals surface area contributed by atoms with Gasteiger partial charge in [0.05, 0.1) is 0 Å². The Morgan fingerprint density at radius 1 is 1.41 bits per heavy atom. The van der Waals surface area contributed by atoms with Gasteiger partial charge in [-0.05, 0) is 24.0 Å². The molecule has 2 aliphatic rings. The molecule has 0 radical (unpaired) electrons. The van der Waals surface area contributed by atoms with Crippen molar-refractivity contribution in [3.05, 3.63) is 30.1 Å². The minimum absolute atomic E-state index is 0.236. The Hall–Kier alpha value is -1.46. The van der Waals surface area contributed by atoms with E-state index in [0.29, 0.717) is 12.5 Å². The fourth-order valence-electron chi connectivity index (χ4n) is 3.49. The molecule has 3 rings (SSSR count). The number of pyridine rings is 1. The minimum Gasteiger partial charge on any atom is -0.341 e. The molecule has 0 spiro atoms. The average molecular weight is 302 g/mol. The van der Waals surface area contributed by atoms with Crippen LogP contribution in [0.3, 0.4) is 0 Å². The van der Waals surface area contributed by atoms with Gasteiger partial charge in [0.25, 0.3) is 0 Å². The van der Waals surface area contributed by atoms with E-state index in [1.165, 1.54) is 0 Å². The van der Waals surface area contributed by atoms with Crippen LogP contribution in [0.1, 0.15) is 31.2 Å². The fraction of sp³-hybridized carbons (Fsp3) is 0.647. The maximum Gasteiger partial charge on any atom is 0.223 e. The first kappa shape index (κ1) is 15.4. The van der Waals surface area contributed by atoms with Crippen molar-refractivity contribution in [1.82, 2.24) is 20.1 Å². The molecule has 1 amide bonds. The second kappa shape index (κ2) is 7.20. The molecule has 22 heavy (non-hydrogen) atoms. The Morgan fingerprint density at radius 2 is 2.23 bits per heavy atom. The first-order valence-electron chi connectivity index (χ1n) is 8.36. The molecule has 0 aromatic carbocycles. The first-order valence-corrected chi connectivity index (χ1v) is 8.36. The van der Waals surface area contributed by atoms with E-state index in [9.17, 15) is 4.79 Å². The molecule has 3 heterocycles. The Kier molecular flexibility index (Phi) is 5.05. The lowest BCUT2D eigenvalue weighted by Gasteiger charge is -2.32. The second-order valence-electron chi connectivity index (χ2n) is 6.46. The molecule has 1 aromatic rings. The van der Waals surface area contributed by atoms with E-state index in [0.717, 1.165) is 51.3 Å². The summed E-state index contributed by atoms with van der Waals surface area (Å²) in [6, 6.07) is 4.55. The Morgan fingerprint density at radius 3 is 2.95 bits per heavy atom. The molecule has 2 unspecified atom stereocenters. The molecule has 2 aliphatic heterocycles. The normalized spacial score (nSPS) is 24.4. The molecule has 2 fully saturated rings. The number of aromatic nitrogens is 1. The van der Waals surface area contributed by atoms with Crippen LogP contribution >= 0.6 is 0 Å². The van der Waals surface area contributed by atoms with Crippen molar-refractivity contribution in [2.75, 3.05) is 39.3 Å². The molecule has 0 bridgehead atoms. The molecule has 120 valence electrons. The number of likely N-dealkylation sites (tertiary alicyclic amines) is 1. The summed E-state index contributed by atoms with van der Waals surface area (Å²) in [5.74, 6) is 0.522. The predicted molar refractivity (Wildman–Crippen MR) is 86.7 cm³/mol. The van der Waals surface area contributed by atoms with Crippen LogP contribution in [0.15, 0.2) is 24.5 Å². The van der Waals surface area contributed by atoms with E-state index < -0.39 is 0 Å². The maximum atomic E-state index is 12.5. The molecular formula is C17H26N4O. The highest BCUT2D eigenvalue weighted by Gasteiger charge is 2.31. The monoisotopic (exact) mass is 302 g/mol. The van der Waals surface area contributed by atoms with Crippen molar-refractivity contribution < 1.29 is 4.79 Å². The number of carbonyl (C=O) groups excluding carboxylic acids is 1. The SMILES string of the molecule is CC(CC(=O)N1CCC(N2CCNCC2)C1)c1cccnc1. The van der Waals surface area contributed by atoms with Crippen LogP contribution in [-0.4, -0.2) is 66.0 Å². The number of hydrogen-bond acceptors (Lipinski definition) is 4. The molecule has 2 atom stereocenters. The van der Waals surface area contributed by atoms with Crippen LogP contribution in [0.2, 0.25) is 0 Å². The number of carbonyl (C=O) groups is 1. The summed E-state index contributed by atoms with van der Waals surface area (Å²) in [5.41, 5.74) is 1.15. The van der Waals surface area contributed by atoms with Gasteiger partial charge in [0.1, 0.15) is 0 Å². The summed E-state index contributed by atoms with van der Waals surface area (Å²) in [7, 11) is 0. The third kappa shape index (κ3) is 3.65. The topological polar surface area (TPSA) is 48.5 Å². The standard InChI is InChI=1S/C17H26N4O/c1-14(15-3-2-5-19-12-15)11-17(22)21-8-4-16(13-21)20-9-6-18-7-10-20/h2-3,5,12,14,16,18H,4,6-11,13H2,1H3. The lowest BCUT2D eigenvalue weighted by molar-refractivity contribution is -0.130. The van der Waals surface area contributed by atoms with Crippen molar-refractivity contribution in [1.29, 1.82) is 0 Å². The molecule has 5 nitrogen and oxygen atoms in total. The zero-order valence-corrected chi connectivity index (χ0v) is 13.4. The molecule has 5 heteroatoms. The summed E-state index contributed by atoms with van der Waals surface area (Å²) < 4.78 is 0. The lowest BCUT2D eigenvalue weighted by Crippen LogP contribution is -2.49. The van der Waals surface area contributed by atoms with Crippen molar-refractivity contribution in [2.45, 2.75) is 31.7 Å². The highest BCUT2D eigenvalue weighted by molar-refractivity contribution is 5.77. The Balaban J connectivity index is 1.51. The minimum atomic E-state index is 0.236. The molecule has 1 N–H and O–H groups in total. The van der Waals surface area contributed by atoms with Crippen molar-refractivity contribution in [3.8, 4) is 0 Å². The van der Waals surface area contributed by atoms with E-state index in [-0.39, 0.29) is 11.8 Å². The third-order valence-corrected chi connectivity index (χ3v) is 4.92. The molecule has 1 aromatic heterocycles. The molecular weight excluding hydrogens is 276 g/mol. The number of nitrogens with one attached hydrogen (secondary N) is 1. The quantitative estimate of drug-likeness (QED) is 0.904. The second-order valence-corrected chi connectivity index (χ2v) is 6.46. The van der Waals surface area contributed by atoms with Crippen LogP contribution in [0.4, 0.5) is 0 Å². The van der Waals surface area contributed by atoms with Gasteiger partial charge in [-0.1, -0.05) is 13.0 Å². The van der Waals surface area contributed by atoms with Gasteiger partial charge in [-0.2, -0.15) is 0 Å². The Labute approximate surface area is 132 Å². The summed E-state index contributed by atoms with van der Waals surface area (Å²) in [4.78, 5) is 21.3. The lowest BCUT2D eigenvalue weighted by atomic mass is 9.99. The first-order chi connectivity index (χ1) is 10.7. The smallest absolute Gasteiger partial charge is 0.223 e. The Bertz CT molecular complexity index is 487. The number of amides is 1. The number of rotatable bonds is 4. The van der Waals surface area contributed by atoms with Crippen LogP contribution in [0, 0.1) is 0 Å². The van der Waals surface area contributed by atoms with E-state index in [1.807, 2.05) is 12.3 Å². The molecule has 0 saturated carbocycles. The van der Waals surface area contributed by atoms with Gasteiger partial charge in [0.2, 0.25) is 5.91 Å². The van der Waals surface area contributed by atoms with E-state index in [4.69, 9.17) is 0 Å². The zero-order chi connectivity index (χ0) is 15.4. The van der Waals surface area contributed by atoms with Gasteiger partial charge in [-0.3, -0.25) is 14.7 Å². The maximum absolute atomic E-state index is 12.5. The van der Waals surface area contributed by atoms with Gasteiger partial charge in [-0.25, -0.2) is 0 Å². The third-order valence-electron chi connectivity index (χ3n) is 4.92. The highest BCUT2D eigenvalue weighted by Crippen LogP contribution is 2.22. The van der Waals surface area contributed by atoms with Crippen LogP contribution in [0.5, 0.6) is 0 Å². The van der Waals surface area contributed by atoms with E-state index >= 15 is 0 Å². The van der Waals surface area contributed by atoms with Gasteiger partial charge >= 0.3 is 0 Å². The molecule has 2 saturated heterocycles. The van der Waals surface area contributed by atoms with Crippen molar-refractivity contribution in [3.63, 3.8) is 0 Å². The zero-order valence-electron chi connectivity index (χ0n) is 13.4. The molecule has 0 aliphatic carbocycles.